The van der Waals surface area contributed by atoms with Gasteiger partial charge in [-0.1, -0.05) is 26.0 Å². The maximum Gasteiger partial charge on any atom is 0.115 e. The highest BCUT2D eigenvalue weighted by Crippen LogP contribution is 2.41. The van der Waals surface area contributed by atoms with Crippen molar-refractivity contribution in [1.29, 1.82) is 0 Å². The van der Waals surface area contributed by atoms with Gasteiger partial charge in [0.1, 0.15) is 5.75 Å². The Hall–Kier alpha value is -0.980. The average Bonchev–Trinajstić information content (AvgIpc) is 2.24. The van der Waals surface area contributed by atoms with Crippen molar-refractivity contribution in [3.8, 4) is 5.75 Å². The zero-order valence-corrected chi connectivity index (χ0v) is 9.66. The molecular formula is C14H20O. The van der Waals surface area contributed by atoms with Crippen molar-refractivity contribution in [3.63, 3.8) is 0 Å². The van der Waals surface area contributed by atoms with Crippen LogP contribution in [0.1, 0.15) is 45.1 Å². The molecule has 1 aliphatic carbocycles. The Kier molecular flexibility index (Phi) is 2.72. The van der Waals surface area contributed by atoms with E-state index in [2.05, 4.69) is 26.0 Å². The third-order valence-corrected chi connectivity index (χ3v) is 3.94. The maximum absolute atomic E-state index is 9.28. The molecule has 1 aromatic rings. The van der Waals surface area contributed by atoms with Crippen LogP contribution in [0.2, 0.25) is 0 Å². The first-order chi connectivity index (χ1) is 7.10. The minimum atomic E-state index is 0.334. The van der Waals surface area contributed by atoms with E-state index in [4.69, 9.17) is 0 Å². The highest BCUT2D eigenvalue weighted by molar-refractivity contribution is 5.31. The summed E-state index contributed by atoms with van der Waals surface area (Å²) in [4.78, 5) is 0. The molecule has 0 radical (unpaired) electrons. The lowest BCUT2D eigenvalue weighted by Crippen LogP contribution is -2.27. The molecule has 1 saturated carbocycles. The van der Waals surface area contributed by atoms with E-state index in [1.807, 2.05) is 0 Å². The van der Waals surface area contributed by atoms with E-state index >= 15 is 0 Å². The number of phenols is 1. The molecule has 0 aliphatic heterocycles. The summed E-state index contributed by atoms with van der Waals surface area (Å²) in [7, 11) is 0. The van der Waals surface area contributed by atoms with Gasteiger partial charge in [-0.25, -0.2) is 0 Å². The van der Waals surface area contributed by atoms with Crippen LogP contribution in [0.25, 0.3) is 0 Å². The lowest BCUT2D eigenvalue weighted by atomic mass is 9.68. The summed E-state index contributed by atoms with van der Waals surface area (Å²) in [5.74, 6) is 1.25. The van der Waals surface area contributed by atoms with E-state index in [-0.39, 0.29) is 0 Å². The van der Waals surface area contributed by atoms with Gasteiger partial charge in [0.05, 0.1) is 0 Å². The van der Waals surface area contributed by atoms with Gasteiger partial charge in [0.25, 0.3) is 0 Å². The molecule has 0 amide bonds. The van der Waals surface area contributed by atoms with Gasteiger partial charge >= 0.3 is 0 Å². The zero-order chi connectivity index (χ0) is 10.9. The first-order valence-corrected chi connectivity index (χ1v) is 5.90. The molecule has 1 N–H and O–H groups in total. The highest BCUT2D eigenvalue weighted by atomic mass is 16.3. The lowest BCUT2D eigenvalue weighted by Gasteiger charge is -2.36. The number of hydrogen-bond donors (Lipinski definition) is 1. The predicted octanol–water partition coefficient (Wildman–Crippen LogP) is 3.86. The second-order valence-corrected chi connectivity index (χ2v) is 5.29. The standard InChI is InChI=1S/C14H20O/c1-11-7-9-14(2,10-8-11)12-3-5-13(15)6-4-12/h3-6,11,15H,7-10H2,1-2H3. The van der Waals surface area contributed by atoms with Crippen molar-refractivity contribution in [1.82, 2.24) is 0 Å². The first kappa shape index (κ1) is 10.5. The van der Waals surface area contributed by atoms with Crippen LogP contribution in [0.3, 0.4) is 0 Å². The minimum absolute atomic E-state index is 0.334. The second-order valence-electron chi connectivity index (χ2n) is 5.29. The van der Waals surface area contributed by atoms with Crippen LogP contribution >= 0.6 is 0 Å². The quantitative estimate of drug-likeness (QED) is 0.736. The Balaban J connectivity index is 2.18. The fraction of sp³-hybridized carbons (Fsp3) is 0.571. The van der Waals surface area contributed by atoms with Crippen LogP contribution in [-0.2, 0) is 5.41 Å². The van der Waals surface area contributed by atoms with Crippen molar-refractivity contribution in [2.45, 2.75) is 44.9 Å². The van der Waals surface area contributed by atoms with Crippen LogP contribution in [0.4, 0.5) is 0 Å². The molecule has 0 bridgehead atoms. The molecule has 0 aromatic heterocycles. The predicted molar refractivity (Wildman–Crippen MR) is 63.1 cm³/mol. The Bertz CT molecular complexity index is 318. The van der Waals surface area contributed by atoms with Gasteiger partial charge in [0.15, 0.2) is 0 Å². The van der Waals surface area contributed by atoms with E-state index in [1.54, 1.807) is 12.1 Å². The largest absolute Gasteiger partial charge is 0.508 e. The molecule has 0 unspecified atom stereocenters. The summed E-state index contributed by atoms with van der Waals surface area (Å²) in [5.41, 5.74) is 1.72. The van der Waals surface area contributed by atoms with Crippen LogP contribution in [0.15, 0.2) is 24.3 Å². The van der Waals surface area contributed by atoms with Crippen molar-refractivity contribution < 1.29 is 5.11 Å². The molecule has 0 atom stereocenters. The highest BCUT2D eigenvalue weighted by Gasteiger charge is 2.30. The minimum Gasteiger partial charge on any atom is -0.508 e. The fourth-order valence-corrected chi connectivity index (χ4v) is 2.55. The average molecular weight is 204 g/mol. The van der Waals surface area contributed by atoms with E-state index in [0.717, 1.165) is 5.92 Å². The summed E-state index contributed by atoms with van der Waals surface area (Å²) in [6.07, 6.45) is 5.21. The van der Waals surface area contributed by atoms with Gasteiger partial charge in [-0.15, -0.1) is 0 Å². The molecule has 0 heterocycles. The van der Waals surface area contributed by atoms with E-state index < -0.39 is 0 Å². The maximum atomic E-state index is 9.28. The van der Waals surface area contributed by atoms with Crippen molar-refractivity contribution in [3.05, 3.63) is 29.8 Å². The molecule has 82 valence electrons. The van der Waals surface area contributed by atoms with E-state index in [1.165, 1.54) is 31.2 Å². The third-order valence-electron chi connectivity index (χ3n) is 3.94. The number of phenolic OH excluding ortho intramolecular Hbond substituents is 1. The third kappa shape index (κ3) is 2.17. The smallest absolute Gasteiger partial charge is 0.115 e. The van der Waals surface area contributed by atoms with Crippen LogP contribution in [0, 0.1) is 5.92 Å². The summed E-state index contributed by atoms with van der Waals surface area (Å²) in [5, 5.41) is 9.28. The van der Waals surface area contributed by atoms with Crippen molar-refractivity contribution in [2.75, 3.05) is 0 Å². The van der Waals surface area contributed by atoms with Crippen molar-refractivity contribution >= 4 is 0 Å². The lowest BCUT2D eigenvalue weighted by molar-refractivity contribution is 0.260. The van der Waals surface area contributed by atoms with Gasteiger partial charge in [-0.2, -0.15) is 0 Å². The van der Waals surface area contributed by atoms with Gasteiger partial charge < -0.3 is 5.11 Å². The molecule has 1 nitrogen and oxygen atoms in total. The molecule has 1 fully saturated rings. The SMILES string of the molecule is CC1CCC(C)(c2ccc(O)cc2)CC1. The molecule has 0 saturated heterocycles. The molecule has 1 aromatic carbocycles. The van der Waals surface area contributed by atoms with Gasteiger partial charge in [0, 0.05) is 0 Å². The number of hydrogen-bond acceptors (Lipinski definition) is 1. The van der Waals surface area contributed by atoms with Crippen LogP contribution in [0.5, 0.6) is 5.75 Å². The summed E-state index contributed by atoms with van der Waals surface area (Å²) >= 11 is 0. The molecule has 1 heteroatoms. The van der Waals surface area contributed by atoms with E-state index in [0.29, 0.717) is 11.2 Å². The second kappa shape index (κ2) is 3.88. The zero-order valence-electron chi connectivity index (χ0n) is 9.66. The number of benzene rings is 1. The van der Waals surface area contributed by atoms with Crippen LogP contribution in [-0.4, -0.2) is 5.11 Å². The van der Waals surface area contributed by atoms with Crippen LogP contribution < -0.4 is 0 Å². The Morgan fingerprint density at radius 2 is 1.67 bits per heavy atom. The molecule has 2 rings (SSSR count). The number of aromatic hydroxyl groups is 1. The topological polar surface area (TPSA) is 20.2 Å². The molecule has 0 spiro atoms. The van der Waals surface area contributed by atoms with Gasteiger partial charge in [0.2, 0.25) is 0 Å². The molecular weight excluding hydrogens is 184 g/mol. The van der Waals surface area contributed by atoms with Gasteiger partial charge in [-0.3, -0.25) is 0 Å². The van der Waals surface area contributed by atoms with Gasteiger partial charge in [-0.05, 0) is 54.7 Å². The molecule has 1 aliphatic rings. The normalized spacial score (nSPS) is 31.5. The summed E-state index contributed by atoms with van der Waals surface area (Å²) < 4.78 is 0. The van der Waals surface area contributed by atoms with Crippen molar-refractivity contribution in [2.24, 2.45) is 5.92 Å². The Labute approximate surface area is 92.1 Å². The number of rotatable bonds is 1. The van der Waals surface area contributed by atoms with E-state index in [9.17, 15) is 5.11 Å². The summed E-state index contributed by atoms with van der Waals surface area (Å²) in [6.45, 7) is 4.70. The Morgan fingerprint density at radius 1 is 1.13 bits per heavy atom. The Morgan fingerprint density at radius 3 is 2.20 bits per heavy atom. The fourth-order valence-electron chi connectivity index (χ4n) is 2.55. The molecule has 15 heavy (non-hydrogen) atoms. The first-order valence-electron chi connectivity index (χ1n) is 5.90. The summed E-state index contributed by atoms with van der Waals surface area (Å²) in [6, 6.07) is 7.76. The monoisotopic (exact) mass is 204 g/mol.